The standard InChI is InChI=1S/C18H27N3O2S/c1-22-17-5-3-2-4-16(17)20-18(24)19-14-6-10-21(11-7-14)15-8-12-23-13-9-15/h2-5,14-15H,6-13H2,1H3,(H2,19,20,24). The molecule has 2 aliphatic rings. The molecule has 1 aromatic rings. The van der Waals surface area contributed by atoms with Crippen LogP contribution in [0.15, 0.2) is 24.3 Å². The number of likely N-dealkylation sites (tertiary alicyclic amines) is 1. The van der Waals surface area contributed by atoms with E-state index in [1.165, 1.54) is 12.8 Å². The van der Waals surface area contributed by atoms with Crippen molar-refractivity contribution in [2.24, 2.45) is 0 Å². The van der Waals surface area contributed by atoms with E-state index in [1.807, 2.05) is 24.3 Å². The molecule has 5 nitrogen and oxygen atoms in total. The Morgan fingerprint density at radius 2 is 1.88 bits per heavy atom. The van der Waals surface area contributed by atoms with Gasteiger partial charge in [-0.2, -0.15) is 0 Å². The minimum atomic E-state index is 0.441. The zero-order valence-corrected chi connectivity index (χ0v) is 15.1. The topological polar surface area (TPSA) is 45.8 Å². The number of nitrogens with zero attached hydrogens (tertiary/aromatic N) is 1. The Bertz CT molecular complexity index is 541. The summed E-state index contributed by atoms with van der Waals surface area (Å²) in [5, 5.41) is 7.37. The lowest BCUT2D eigenvalue weighted by molar-refractivity contribution is 0.0247. The molecular formula is C18H27N3O2S. The number of piperidine rings is 1. The average Bonchev–Trinajstić information content (AvgIpc) is 2.63. The van der Waals surface area contributed by atoms with Gasteiger partial charge in [0, 0.05) is 38.4 Å². The van der Waals surface area contributed by atoms with Crippen molar-refractivity contribution in [3.63, 3.8) is 0 Å². The largest absolute Gasteiger partial charge is 0.495 e. The molecule has 0 spiro atoms. The van der Waals surface area contributed by atoms with Crippen LogP contribution in [0.25, 0.3) is 0 Å². The first-order valence-corrected chi connectivity index (χ1v) is 9.19. The van der Waals surface area contributed by atoms with Gasteiger partial charge in [-0.25, -0.2) is 0 Å². The van der Waals surface area contributed by atoms with E-state index in [2.05, 4.69) is 15.5 Å². The molecule has 132 valence electrons. The van der Waals surface area contributed by atoms with Crippen LogP contribution in [-0.2, 0) is 4.74 Å². The molecular weight excluding hydrogens is 322 g/mol. The van der Waals surface area contributed by atoms with Crippen molar-refractivity contribution >= 4 is 23.0 Å². The summed E-state index contributed by atoms with van der Waals surface area (Å²) in [6.45, 7) is 4.10. The minimum Gasteiger partial charge on any atom is -0.495 e. The van der Waals surface area contributed by atoms with E-state index in [9.17, 15) is 0 Å². The number of rotatable bonds is 4. The Hall–Kier alpha value is -1.37. The van der Waals surface area contributed by atoms with E-state index in [-0.39, 0.29) is 0 Å². The van der Waals surface area contributed by atoms with Crippen LogP contribution in [0.4, 0.5) is 5.69 Å². The maximum Gasteiger partial charge on any atom is 0.171 e. The lowest BCUT2D eigenvalue weighted by Crippen LogP contribution is -2.49. The van der Waals surface area contributed by atoms with E-state index < -0.39 is 0 Å². The monoisotopic (exact) mass is 349 g/mol. The van der Waals surface area contributed by atoms with Crippen LogP contribution < -0.4 is 15.4 Å². The van der Waals surface area contributed by atoms with Gasteiger partial charge in [-0.05, 0) is 50.0 Å². The highest BCUT2D eigenvalue weighted by Crippen LogP contribution is 2.23. The average molecular weight is 350 g/mol. The van der Waals surface area contributed by atoms with Crippen LogP contribution in [0, 0.1) is 0 Å². The van der Waals surface area contributed by atoms with Gasteiger partial charge >= 0.3 is 0 Å². The fourth-order valence-corrected chi connectivity index (χ4v) is 3.83. The summed E-state index contributed by atoms with van der Waals surface area (Å²) in [5.74, 6) is 0.802. The molecule has 0 bridgehead atoms. The molecule has 0 radical (unpaired) electrons. The summed E-state index contributed by atoms with van der Waals surface area (Å²) in [6.07, 6.45) is 4.61. The summed E-state index contributed by atoms with van der Waals surface area (Å²) in [5.41, 5.74) is 0.900. The fourth-order valence-electron chi connectivity index (χ4n) is 3.55. The van der Waals surface area contributed by atoms with Crippen LogP contribution in [0.5, 0.6) is 5.75 Å². The van der Waals surface area contributed by atoms with Crippen LogP contribution in [0.2, 0.25) is 0 Å². The maximum absolute atomic E-state index is 5.47. The van der Waals surface area contributed by atoms with Gasteiger partial charge in [0.15, 0.2) is 5.11 Å². The summed E-state index contributed by atoms with van der Waals surface area (Å²) in [6, 6.07) is 8.97. The van der Waals surface area contributed by atoms with Gasteiger partial charge in [-0.3, -0.25) is 0 Å². The van der Waals surface area contributed by atoms with Crippen molar-refractivity contribution in [3.05, 3.63) is 24.3 Å². The molecule has 2 saturated heterocycles. The van der Waals surface area contributed by atoms with Gasteiger partial charge in [0.2, 0.25) is 0 Å². The van der Waals surface area contributed by atoms with Crippen LogP contribution in [0.3, 0.4) is 0 Å². The number of nitrogens with one attached hydrogen (secondary N) is 2. The molecule has 0 aromatic heterocycles. The van der Waals surface area contributed by atoms with E-state index >= 15 is 0 Å². The smallest absolute Gasteiger partial charge is 0.171 e. The highest BCUT2D eigenvalue weighted by molar-refractivity contribution is 7.80. The number of thiocarbonyl (C=S) groups is 1. The lowest BCUT2D eigenvalue weighted by atomic mass is 10.00. The molecule has 0 saturated carbocycles. The van der Waals surface area contributed by atoms with Gasteiger partial charge in [0.25, 0.3) is 0 Å². The van der Waals surface area contributed by atoms with Crippen LogP contribution in [-0.4, -0.2) is 55.5 Å². The first-order valence-electron chi connectivity index (χ1n) is 8.78. The van der Waals surface area contributed by atoms with Gasteiger partial charge in [0.1, 0.15) is 5.75 Å². The number of ether oxygens (including phenoxy) is 2. The van der Waals surface area contributed by atoms with Crippen LogP contribution in [0.1, 0.15) is 25.7 Å². The molecule has 2 heterocycles. The first-order chi connectivity index (χ1) is 11.8. The lowest BCUT2D eigenvalue weighted by Gasteiger charge is -2.39. The Morgan fingerprint density at radius 3 is 2.58 bits per heavy atom. The fraction of sp³-hybridized carbons (Fsp3) is 0.611. The molecule has 24 heavy (non-hydrogen) atoms. The third kappa shape index (κ3) is 4.59. The third-order valence-corrected chi connectivity index (χ3v) is 5.15. The van der Waals surface area contributed by atoms with Crippen molar-refractivity contribution in [1.82, 2.24) is 10.2 Å². The molecule has 0 amide bonds. The van der Waals surface area contributed by atoms with E-state index in [0.717, 1.165) is 50.6 Å². The highest BCUT2D eigenvalue weighted by atomic mass is 32.1. The second kappa shape index (κ2) is 8.65. The third-order valence-electron chi connectivity index (χ3n) is 4.93. The molecule has 2 N–H and O–H groups in total. The van der Waals surface area contributed by atoms with Gasteiger partial charge < -0.3 is 25.0 Å². The normalized spacial score (nSPS) is 20.5. The summed E-state index contributed by atoms with van der Waals surface area (Å²) in [7, 11) is 1.67. The number of hydrogen-bond donors (Lipinski definition) is 2. The summed E-state index contributed by atoms with van der Waals surface area (Å²) >= 11 is 5.47. The molecule has 6 heteroatoms. The molecule has 0 unspecified atom stereocenters. The zero-order chi connectivity index (χ0) is 16.8. The summed E-state index contributed by atoms with van der Waals surface area (Å²) in [4.78, 5) is 2.62. The second-order valence-corrected chi connectivity index (χ2v) is 6.86. The van der Waals surface area contributed by atoms with Gasteiger partial charge in [0.05, 0.1) is 12.8 Å². The summed E-state index contributed by atoms with van der Waals surface area (Å²) < 4.78 is 10.8. The number of anilines is 1. The molecule has 3 rings (SSSR count). The number of methoxy groups -OCH3 is 1. The van der Waals surface area contributed by atoms with E-state index in [4.69, 9.17) is 21.7 Å². The van der Waals surface area contributed by atoms with Crippen molar-refractivity contribution in [2.75, 3.05) is 38.7 Å². The Kier molecular flexibility index (Phi) is 6.29. The second-order valence-electron chi connectivity index (χ2n) is 6.45. The molecule has 2 aliphatic heterocycles. The van der Waals surface area contributed by atoms with Crippen molar-refractivity contribution in [1.29, 1.82) is 0 Å². The van der Waals surface area contributed by atoms with Crippen LogP contribution >= 0.6 is 12.2 Å². The minimum absolute atomic E-state index is 0.441. The number of para-hydroxylation sites is 2. The predicted octanol–water partition coefficient (Wildman–Crippen LogP) is 2.63. The number of benzene rings is 1. The molecule has 2 fully saturated rings. The van der Waals surface area contributed by atoms with Gasteiger partial charge in [-0.15, -0.1) is 0 Å². The maximum atomic E-state index is 5.47. The Morgan fingerprint density at radius 1 is 1.17 bits per heavy atom. The highest BCUT2D eigenvalue weighted by Gasteiger charge is 2.26. The van der Waals surface area contributed by atoms with Crippen molar-refractivity contribution in [3.8, 4) is 5.75 Å². The first kappa shape index (κ1) is 17.5. The predicted molar refractivity (Wildman–Crippen MR) is 101 cm³/mol. The quantitative estimate of drug-likeness (QED) is 0.815. The number of hydrogen-bond acceptors (Lipinski definition) is 4. The molecule has 0 aliphatic carbocycles. The molecule has 1 aromatic carbocycles. The van der Waals surface area contributed by atoms with Crippen molar-refractivity contribution in [2.45, 2.75) is 37.8 Å². The van der Waals surface area contributed by atoms with E-state index in [1.54, 1.807) is 7.11 Å². The van der Waals surface area contributed by atoms with Crippen molar-refractivity contribution < 1.29 is 9.47 Å². The SMILES string of the molecule is COc1ccccc1NC(=S)NC1CCN(C2CCOCC2)CC1. The Labute approximate surface area is 149 Å². The van der Waals surface area contributed by atoms with Gasteiger partial charge in [-0.1, -0.05) is 12.1 Å². The Balaban J connectivity index is 1.44. The molecule has 0 atom stereocenters. The zero-order valence-electron chi connectivity index (χ0n) is 14.3. The van der Waals surface area contributed by atoms with E-state index in [0.29, 0.717) is 17.2 Å².